The van der Waals surface area contributed by atoms with E-state index in [1.807, 2.05) is 17.0 Å². The molecular weight excluding hydrogens is 380 g/mol. The molecule has 0 spiro atoms. The van der Waals surface area contributed by atoms with Gasteiger partial charge >= 0.3 is 0 Å². The van der Waals surface area contributed by atoms with Gasteiger partial charge in [0.2, 0.25) is 0 Å². The van der Waals surface area contributed by atoms with E-state index >= 15 is 0 Å². The van der Waals surface area contributed by atoms with Crippen molar-refractivity contribution in [2.24, 2.45) is 11.8 Å². The number of benzene rings is 1. The highest BCUT2D eigenvalue weighted by atomic mass is 16.5. The van der Waals surface area contributed by atoms with E-state index in [4.69, 9.17) is 4.74 Å². The Morgan fingerprint density at radius 3 is 2.33 bits per heavy atom. The molecule has 2 aliphatic carbocycles. The highest BCUT2D eigenvalue weighted by Crippen LogP contribution is 2.42. The summed E-state index contributed by atoms with van der Waals surface area (Å²) < 4.78 is 5.64. The molecule has 0 radical (unpaired) electrons. The van der Waals surface area contributed by atoms with Gasteiger partial charge in [-0.25, -0.2) is 0 Å². The third-order valence-electron chi connectivity index (χ3n) is 7.71. The second-order valence-corrected chi connectivity index (χ2v) is 9.63. The lowest BCUT2D eigenvalue weighted by Gasteiger charge is -2.39. The minimum Gasteiger partial charge on any atom is -0.381 e. The summed E-state index contributed by atoms with van der Waals surface area (Å²) in [6, 6.07) is 8.22. The molecule has 5 rings (SSSR count). The van der Waals surface area contributed by atoms with Gasteiger partial charge in [-0.05, 0) is 74.0 Å². The molecule has 3 unspecified atom stereocenters. The molecule has 162 valence electrons. The molecule has 2 saturated heterocycles. The van der Waals surface area contributed by atoms with Gasteiger partial charge in [0.05, 0.1) is 0 Å². The number of nitrogens with zero attached hydrogens (tertiary/aromatic N) is 2. The molecule has 6 heteroatoms. The molecule has 3 atom stereocenters. The zero-order valence-corrected chi connectivity index (χ0v) is 17.6. The van der Waals surface area contributed by atoms with E-state index in [-0.39, 0.29) is 11.8 Å². The van der Waals surface area contributed by atoms with Crippen molar-refractivity contribution < 1.29 is 19.4 Å². The van der Waals surface area contributed by atoms with Crippen molar-refractivity contribution in [2.75, 3.05) is 39.4 Å². The lowest BCUT2D eigenvalue weighted by molar-refractivity contribution is -0.143. The summed E-state index contributed by atoms with van der Waals surface area (Å²) in [5.41, 5.74) is 0.954. The Morgan fingerprint density at radius 2 is 1.63 bits per heavy atom. The van der Waals surface area contributed by atoms with Crippen LogP contribution in [0.15, 0.2) is 24.3 Å². The second-order valence-electron chi connectivity index (χ2n) is 9.63. The minimum atomic E-state index is -1.12. The van der Waals surface area contributed by atoms with Gasteiger partial charge in [-0.1, -0.05) is 12.1 Å². The number of hydrogen-bond donors (Lipinski definition) is 1. The molecule has 2 heterocycles. The summed E-state index contributed by atoms with van der Waals surface area (Å²) in [5.74, 6) is 1.98. The zero-order valence-electron chi connectivity index (χ0n) is 17.6. The minimum absolute atomic E-state index is 0.0342. The fourth-order valence-electron chi connectivity index (χ4n) is 5.49. The predicted octanol–water partition coefficient (Wildman–Crippen LogP) is 2.42. The Kier molecular flexibility index (Phi) is 5.31. The van der Waals surface area contributed by atoms with E-state index in [0.717, 1.165) is 30.6 Å². The first-order valence-corrected chi connectivity index (χ1v) is 11.5. The molecule has 4 aliphatic rings. The van der Waals surface area contributed by atoms with Crippen LogP contribution in [0.5, 0.6) is 0 Å². The molecule has 2 saturated carbocycles. The van der Waals surface area contributed by atoms with Gasteiger partial charge in [-0.2, -0.15) is 0 Å². The summed E-state index contributed by atoms with van der Waals surface area (Å²) in [7, 11) is 0. The predicted molar refractivity (Wildman–Crippen MR) is 112 cm³/mol. The van der Waals surface area contributed by atoms with Gasteiger partial charge in [0.15, 0.2) is 0 Å². The van der Waals surface area contributed by atoms with Crippen LogP contribution < -0.4 is 0 Å². The molecule has 0 aromatic heterocycles. The monoisotopic (exact) mass is 412 g/mol. The van der Waals surface area contributed by atoms with Crippen LogP contribution in [0.25, 0.3) is 0 Å². The summed E-state index contributed by atoms with van der Waals surface area (Å²) in [5, 5.41) is 10.0. The number of piperazine rings is 1. The van der Waals surface area contributed by atoms with E-state index < -0.39 is 5.60 Å². The number of amides is 2. The fourth-order valence-corrected chi connectivity index (χ4v) is 5.49. The van der Waals surface area contributed by atoms with Crippen LogP contribution in [0.1, 0.15) is 60.4 Å². The van der Waals surface area contributed by atoms with Crippen molar-refractivity contribution in [1.29, 1.82) is 0 Å². The van der Waals surface area contributed by atoms with Crippen molar-refractivity contribution in [1.82, 2.24) is 9.80 Å². The van der Waals surface area contributed by atoms with Crippen LogP contribution in [-0.4, -0.2) is 71.7 Å². The fraction of sp³-hybridized carbons (Fsp3) is 0.667. The Hall–Kier alpha value is -1.92. The van der Waals surface area contributed by atoms with Crippen molar-refractivity contribution in [2.45, 2.75) is 50.0 Å². The van der Waals surface area contributed by atoms with Gasteiger partial charge in [0, 0.05) is 45.0 Å². The van der Waals surface area contributed by atoms with Crippen LogP contribution >= 0.6 is 0 Å². The van der Waals surface area contributed by atoms with Crippen LogP contribution in [0.2, 0.25) is 0 Å². The molecular formula is C24H32N2O4. The van der Waals surface area contributed by atoms with Gasteiger partial charge in [-0.3, -0.25) is 9.59 Å². The summed E-state index contributed by atoms with van der Waals surface area (Å²) >= 11 is 0. The average molecular weight is 413 g/mol. The molecule has 6 nitrogen and oxygen atoms in total. The van der Waals surface area contributed by atoms with E-state index in [1.54, 1.807) is 4.90 Å². The lowest BCUT2D eigenvalue weighted by atomic mass is 9.70. The Morgan fingerprint density at radius 1 is 0.933 bits per heavy atom. The van der Waals surface area contributed by atoms with Crippen molar-refractivity contribution in [3.8, 4) is 0 Å². The SMILES string of the molecule is O=C(c1ccc(C2CCC3COCCC3C2)cc1)N1CCN(C(=O)C2(O)CC2)CC1. The van der Waals surface area contributed by atoms with Gasteiger partial charge in [0.25, 0.3) is 11.8 Å². The number of carbonyl (C=O) groups is 2. The van der Waals surface area contributed by atoms with E-state index in [1.165, 1.54) is 31.2 Å². The Balaban J connectivity index is 1.17. The quantitative estimate of drug-likeness (QED) is 0.828. The first-order chi connectivity index (χ1) is 14.5. The topological polar surface area (TPSA) is 70.1 Å². The van der Waals surface area contributed by atoms with Crippen LogP contribution in [-0.2, 0) is 9.53 Å². The highest BCUT2D eigenvalue weighted by molar-refractivity contribution is 5.94. The maximum absolute atomic E-state index is 12.9. The summed E-state index contributed by atoms with van der Waals surface area (Å²) in [6.07, 6.45) is 6.00. The lowest BCUT2D eigenvalue weighted by Crippen LogP contribution is -2.53. The molecule has 0 bridgehead atoms. The number of fused-ring (bicyclic) bond motifs is 1. The van der Waals surface area contributed by atoms with Crippen LogP contribution in [0, 0.1) is 11.8 Å². The normalized spacial score (nSPS) is 30.5. The molecule has 2 amide bonds. The third kappa shape index (κ3) is 3.87. The van der Waals surface area contributed by atoms with Crippen molar-refractivity contribution in [3.63, 3.8) is 0 Å². The second kappa shape index (κ2) is 7.97. The van der Waals surface area contributed by atoms with Crippen molar-refractivity contribution in [3.05, 3.63) is 35.4 Å². The van der Waals surface area contributed by atoms with E-state index in [2.05, 4.69) is 12.1 Å². The summed E-state index contributed by atoms with van der Waals surface area (Å²) in [6.45, 7) is 3.88. The molecule has 30 heavy (non-hydrogen) atoms. The Bertz CT molecular complexity index is 796. The van der Waals surface area contributed by atoms with Crippen LogP contribution in [0.3, 0.4) is 0 Å². The largest absolute Gasteiger partial charge is 0.381 e. The highest BCUT2D eigenvalue weighted by Gasteiger charge is 2.50. The van der Waals surface area contributed by atoms with Gasteiger partial charge in [0.1, 0.15) is 5.60 Å². The standard InChI is InChI=1S/C24H32N2O4/c27-22(25-10-12-26(13-11-25)23(28)24(29)8-9-24)18-3-1-17(2-4-18)19-5-6-21-16-30-14-7-20(21)15-19/h1-4,19-21,29H,5-16H2. The van der Waals surface area contributed by atoms with Gasteiger partial charge in [-0.15, -0.1) is 0 Å². The molecule has 1 aromatic carbocycles. The maximum atomic E-state index is 12.9. The number of ether oxygens (including phenoxy) is 1. The summed E-state index contributed by atoms with van der Waals surface area (Å²) in [4.78, 5) is 28.7. The Labute approximate surface area is 178 Å². The van der Waals surface area contributed by atoms with Gasteiger partial charge < -0.3 is 19.6 Å². The third-order valence-corrected chi connectivity index (χ3v) is 7.71. The number of carbonyl (C=O) groups excluding carboxylic acids is 2. The van der Waals surface area contributed by atoms with Crippen molar-refractivity contribution >= 4 is 11.8 Å². The number of aliphatic hydroxyl groups is 1. The smallest absolute Gasteiger partial charge is 0.254 e. The first-order valence-electron chi connectivity index (χ1n) is 11.5. The first kappa shape index (κ1) is 20.0. The maximum Gasteiger partial charge on any atom is 0.254 e. The van der Waals surface area contributed by atoms with E-state index in [9.17, 15) is 14.7 Å². The average Bonchev–Trinajstić information content (AvgIpc) is 3.56. The number of rotatable bonds is 3. The number of hydrogen-bond acceptors (Lipinski definition) is 4. The molecule has 1 N–H and O–H groups in total. The molecule has 4 fully saturated rings. The molecule has 2 aliphatic heterocycles. The van der Waals surface area contributed by atoms with Crippen LogP contribution in [0.4, 0.5) is 0 Å². The molecule has 1 aromatic rings. The zero-order chi connectivity index (χ0) is 20.7. The van der Waals surface area contributed by atoms with E-state index in [0.29, 0.717) is 44.9 Å².